The summed E-state index contributed by atoms with van der Waals surface area (Å²) in [5, 5.41) is 8.63. The Kier molecular flexibility index (Phi) is 2.03. The summed E-state index contributed by atoms with van der Waals surface area (Å²) < 4.78 is 12.6. The molecule has 9 heavy (non-hydrogen) atoms. The number of likely N-dealkylation sites (tertiary alicyclic amines) is 1. The maximum absolute atomic E-state index is 12.6. The third kappa shape index (κ3) is 1.22. The zero-order valence-corrected chi connectivity index (χ0v) is 5.55. The molecule has 0 amide bonds. The van der Waals surface area contributed by atoms with Crippen molar-refractivity contribution in [2.24, 2.45) is 0 Å². The van der Waals surface area contributed by atoms with Crippen LogP contribution >= 0.6 is 0 Å². The largest absolute Gasteiger partial charge is 0.395 e. The zero-order chi connectivity index (χ0) is 6.85. The average molecular weight is 133 g/mol. The molecule has 2 atom stereocenters. The molecule has 0 bridgehead atoms. The topological polar surface area (TPSA) is 23.5 Å². The van der Waals surface area contributed by atoms with Crippen LogP contribution in [0.5, 0.6) is 0 Å². The number of hydrogen-bond donors (Lipinski definition) is 1. The molecule has 3 heteroatoms. The Bertz CT molecular complexity index is 89.1. The van der Waals surface area contributed by atoms with E-state index in [1.165, 1.54) is 0 Å². The smallest absolute Gasteiger partial charge is 0.119 e. The van der Waals surface area contributed by atoms with E-state index >= 15 is 0 Å². The summed E-state index contributed by atoms with van der Waals surface area (Å²) in [6.45, 7) is 0.712. The zero-order valence-electron chi connectivity index (χ0n) is 5.55. The van der Waals surface area contributed by atoms with Gasteiger partial charge in [0.15, 0.2) is 0 Å². The number of hydrogen-bond acceptors (Lipinski definition) is 2. The lowest BCUT2D eigenvalue weighted by Gasteiger charge is -2.17. The molecule has 1 rings (SSSR count). The van der Waals surface area contributed by atoms with Gasteiger partial charge in [0.25, 0.3) is 0 Å². The first-order valence-electron chi connectivity index (χ1n) is 3.21. The van der Waals surface area contributed by atoms with Crippen molar-refractivity contribution in [3.8, 4) is 0 Å². The van der Waals surface area contributed by atoms with Crippen LogP contribution in [-0.2, 0) is 0 Å². The molecular formula is C6H12FNO. The van der Waals surface area contributed by atoms with Crippen LogP contribution in [0, 0.1) is 0 Å². The van der Waals surface area contributed by atoms with Crippen LogP contribution in [0.4, 0.5) is 4.39 Å². The highest BCUT2D eigenvalue weighted by atomic mass is 19.1. The number of aliphatic hydroxyl groups excluding tert-OH is 1. The van der Waals surface area contributed by atoms with Crippen LogP contribution < -0.4 is 0 Å². The first kappa shape index (κ1) is 6.96. The molecule has 0 radical (unpaired) electrons. The van der Waals surface area contributed by atoms with Gasteiger partial charge in [-0.2, -0.15) is 0 Å². The third-order valence-electron chi connectivity index (χ3n) is 1.93. The van der Waals surface area contributed by atoms with E-state index in [0.717, 1.165) is 6.54 Å². The van der Waals surface area contributed by atoms with Gasteiger partial charge in [0.2, 0.25) is 0 Å². The Morgan fingerprint density at radius 1 is 1.78 bits per heavy atom. The number of likely N-dealkylation sites (N-methyl/N-ethyl adjacent to an activating group) is 1. The van der Waals surface area contributed by atoms with Crippen LogP contribution in [0.15, 0.2) is 0 Å². The van der Waals surface area contributed by atoms with Gasteiger partial charge in [-0.15, -0.1) is 0 Å². The summed E-state index contributed by atoms with van der Waals surface area (Å²) in [7, 11) is 1.83. The van der Waals surface area contributed by atoms with E-state index in [1.54, 1.807) is 0 Å². The molecule has 2 nitrogen and oxygen atoms in total. The molecule has 0 aromatic rings. The molecular weight excluding hydrogens is 121 g/mol. The minimum atomic E-state index is -0.819. The average Bonchev–Trinajstić information content (AvgIpc) is 2.12. The Morgan fingerprint density at radius 3 is 2.67 bits per heavy atom. The fraction of sp³-hybridized carbons (Fsp3) is 1.00. The van der Waals surface area contributed by atoms with E-state index in [9.17, 15) is 4.39 Å². The van der Waals surface area contributed by atoms with Gasteiger partial charge < -0.3 is 5.11 Å². The minimum absolute atomic E-state index is 0.0579. The summed E-state index contributed by atoms with van der Waals surface area (Å²) in [6, 6.07) is -0.245. The lowest BCUT2D eigenvalue weighted by molar-refractivity contribution is 0.135. The molecule has 54 valence electrons. The van der Waals surface area contributed by atoms with Crippen LogP contribution in [0.2, 0.25) is 0 Å². The maximum atomic E-state index is 12.6. The molecule has 1 aliphatic rings. The van der Waals surface area contributed by atoms with Gasteiger partial charge in [-0.1, -0.05) is 0 Å². The summed E-state index contributed by atoms with van der Waals surface area (Å²) in [4.78, 5) is 1.85. The number of rotatable bonds is 1. The van der Waals surface area contributed by atoms with Crippen molar-refractivity contribution >= 4 is 0 Å². The van der Waals surface area contributed by atoms with Crippen LogP contribution in [0.1, 0.15) is 6.42 Å². The van der Waals surface area contributed by atoms with Crippen molar-refractivity contribution in [2.75, 3.05) is 20.2 Å². The normalized spacial score (nSPS) is 37.7. The fourth-order valence-corrected chi connectivity index (χ4v) is 1.22. The van der Waals surface area contributed by atoms with E-state index in [2.05, 4.69) is 0 Å². The van der Waals surface area contributed by atoms with Crippen molar-refractivity contribution in [1.29, 1.82) is 0 Å². The molecule has 0 spiro atoms. The molecule has 1 aliphatic heterocycles. The molecule has 0 unspecified atom stereocenters. The fourth-order valence-electron chi connectivity index (χ4n) is 1.22. The van der Waals surface area contributed by atoms with Crippen molar-refractivity contribution in [1.82, 2.24) is 4.90 Å². The Labute approximate surface area is 54.3 Å². The van der Waals surface area contributed by atoms with E-state index in [0.29, 0.717) is 6.42 Å². The van der Waals surface area contributed by atoms with E-state index in [4.69, 9.17) is 5.11 Å². The third-order valence-corrected chi connectivity index (χ3v) is 1.93. The van der Waals surface area contributed by atoms with Crippen LogP contribution in [0.3, 0.4) is 0 Å². The molecule has 0 aromatic carbocycles. The Balaban J connectivity index is 2.44. The summed E-state index contributed by atoms with van der Waals surface area (Å²) in [5.74, 6) is 0. The second-order valence-corrected chi connectivity index (χ2v) is 2.54. The Morgan fingerprint density at radius 2 is 2.44 bits per heavy atom. The maximum Gasteiger partial charge on any atom is 0.119 e. The lowest BCUT2D eigenvalue weighted by atomic mass is 10.2. The number of alkyl halides is 1. The lowest BCUT2D eigenvalue weighted by Crippen LogP contribution is -2.33. The van der Waals surface area contributed by atoms with Gasteiger partial charge in [-0.3, -0.25) is 4.90 Å². The predicted octanol–water partition coefficient (Wildman–Crippen LogP) is 0.0209. The van der Waals surface area contributed by atoms with E-state index < -0.39 is 6.17 Å². The molecule has 1 fully saturated rings. The second-order valence-electron chi connectivity index (χ2n) is 2.54. The highest BCUT2D eigenvalue weighted by Crippen LogP contribution is 2.17. The number of halogens is 1. The summed E-state index contributed by atoms with van der Waals surface area (Å²) in [5.41, 5.74) is 0. The SMILES string of the molecule is CN1CC[C@@H](F)[C@@H]1CO. The van der Waals surface area contributed by atoms with Crippen molar-refractivity contribution in [3.05, 3.63) is 0 Å². The number of nitrogens with zero attached hydrogens (tertiary/aromatic N) is 1. The molecule has 0 aliphatic carbocycles. The monoisotopic (exact) mass is 133 g/mol. The first-order valence-corrected chi connectivity index (χ1v) is 3.21. The van der Waals surface area contributed by atoms with Crippen molar-refractivity contribution in [3.63, 3.8) is 0 Å². The van der Waals surface area contributed by atoms with Crippen molar-refractivity contribution in [2.45, 2.75) is 18.6 Å². The second kappa shape index (κ2) is 2.62. The summed E-state index contributed by atoms with van der Waals surface area (Å²) in [6.07, 6.45) is -0.248. The standard InChI is InChI=1S/C6H12FNO/c1-8-3-2-5(7)6(8)4-9/h5-6,9H,2-4H2,1H3/t5-,6+/m1/s1. The quantitative estimate of drug-likeness (QED) is 0.545. The molecule has 1 heterocycles. The molecule has 0 saturated carbocycles. The summed E-state index contributed by atoms with van der Waals surface area (Å²) >= 11 is 0. The highest BCUT2D eigenvalue weighted by molar-refractivity contribution is 4.84. The molecule has 1 saturated heterocycles. The highest BCUT2D eigenvalue weighted by Gasteiger charge is 2.30. The minimum Gasteiger partial charge on any atom is -0.395 e. The van der Waals surface area contributed by atoms with Gasteiger partial charge in [-0.05, 0) is 13.5 Å². The first-order chi connectivity index (χ1) is 4.25. The predicted molar refractivity (Wildman–Crippen MR) is 33.0 cm³/mol. The van der Waals surface area contributed by atoms with E-state index in [-0.39, 0.29) is 12.6 Å². The van der Waals surface area contributed by atoms with Gasteiger partial charge in [-0.25, -0.2) is 4.39 Å². The van der Waals surface area contributed by atoms with Gasteiger partial charge in [0.1, 0.15) is 6.17 Å². The van der Waals surface area contributed by atoms with E-state index in [1.807, 2.05) is 11.9 Å². The number of aliphatic hydroxyl groups is 1. The van der Waals surface area contributed by atoms with Gasteiger partial charge in [0, 0.05) is 6.54 Å². The van der Waals surface area contributed by atoms with Crippen LogP contribution in [-0.4, -0.2) is 42.4 Å². The van der Waals surface area contributed by atoms with Gasteiger partial charge in [0.05, 0.1) is 12.6 Å². The molecule has 1 N–H and O–H groups in total. The van der Waals surface area contributed by atoms with Crippen molar-refractivity contribution < 1.29 is 9.50 Å². The Hall–Kier alpha value is -0.150. The van der Waals surface area contributed by atoms with Crippen LogP contribution in [0.25, 0.3) is 0 Å². The molecule has 0 aromatic heterocycles. The van der Waals surface area contributed by atoms with Gasteiger partial charge >= 0.3 is 0 Å².